The molecule has 3 rings (SSSR count). The molecule has 0 spiro atoms. The van der Waals surface area contributed by atoms with E-state index in [0.717, 1.165) is 45.4 Å². The summed E-state index contributed by atoms with van der Waals surface area (Å²) in [5.74, 6) is 0.159. The van der Waals surface area contributed by atoms with E-state index in [1.165, 1.54) is 5.69 Å². The number of aliphatic hydroxyl groups is 1. The van der Waals surface area contributed by atoms with Crippen LogP contribution in [0.15, 0.2) is 43.0 Å². The second-order valence-electron chi connectivity index (χ2n) is 6.78. The monoisotopic (exact) mass is 300 g/mol. The average Bonchev–Trinajstić information content (AvgIpc) is 2.98. The lowest BCUT2D eigenvalue weighted by atomic mass is 9.83. The quantitative estimate of drug-likeness (QED) is 0.866. The molecule has 3 heteroatoms. The fourth-order valence-electron chi connectivity index (χ4n) is 4.16. The van der Waals surface area contributed by atoms with Crippen molar-refractivity contribution in [3.05, 3.63) is 43.0 Å². The smallest absolute Gasteiger partial charge is 0.0861 e. The Morgan fingerprint density at radius 2 is 1.91 bits per heavy atom. The van der Waals surface area contributed by atoms with Crippen molar-refractivity contribution in [2.45, 2.75) is 37.8 Å². The van der Waals surface area contributed by atoms with E-state index in [9.17, 15) is 5.11 Å². The van der Waals surface area contributed by atoms with Crippen molar-refractivity contribution < 1.29 is 5.11 Å². The molecular formula is C19H28N2O. The Balaban J connectivity index is 1.65. The SMILES string of the molecule is C=C[C@H](C)[C@@]1(O)CCC[C@@H]1N1CCN(c2ccccc2)CC1. The number of para-hydroxylation sites is 1. The molecule has 1 N–H and O–H groups in total. The molecular weight excluding hydrogens is 272 g/mol. The lowest BCUT2D eigenvalue weighted by Gasteiger charge is -2.45. The van der Waals surface area contributed by atoms with Crippen molar-refractivity contribution >= 4 is 5.69 Å². The highest BCUT2D eigenvalue weighted by Gasteiger charge is 2.47. The van der Waals surface area contributed by atoms with Gasteiger partial charge < -0.3 is 10.0 Å². The molecule has 1 saturated carbocycles. The molecule has 0 radical (unpaired) electrons. The van der Waals surface area contributed by atoms with Crippen LogP contribution in [0.3, 0.4) is 0 Å². The van der Waals surface area contributed by atoms with E-state index in [1.54, 1.807) is 0 Å². The minimum Gasteiger partial charge on any atom is -0.388 e. The molecule has 0 amide bonds. The van der Waals surface area contributed by atoms with Crippen molar-refractivity contribution in [2.75, 3.05) is 31.1 Å². The van der Waals surface area contributed by atoms with Crippen LogP contribution in [0.2, 0.25) is 0 Å². The van der Waals surface area contributed by atoms with Crippen LogP contribution in [-0.2, 0) is 0 Å². The Morgan fingerprint density at radius 1 is 1.23 bits per heavy atom. The second kappa shape index (κ2) is 6.43. The van der Waals surface area contributed by atoms with Gasteiger partial charge in [-0.25, -0.2) is 0 Å². The third-order valence-electron chi connectivity index (χ3n) is 5.65. The van der Waals surface area contributed by atoms with Crippen LogP contribution in [-0.4, -0.2) is 47.8 Å². The van der Waals surface area contributed by atoms with Crippen LogP contribution in [0.1, 0.15) is 26.2 Å². The molecule has 120 valence electrons. The van der Waals surface area contributed by atoms with Crippen LogP contribution in [0, 0.1) is 5.92 Å². The summed E-state index contributed by atoms with van der Waals surface area (Å²) >= 11 is 0. The summed E-state index contributed by atoms with van der Waals surface area (Å²) in [6, 6.07) is 10.9. The molecule has 1 aromatic rings. The molecule has 1 aliphatic carbocycles. The first kappa shape index (κ1) is 15.6. The molecule has 1 saturated heterocycles. The molecule has 22 heavy (non-hydrogen) atoms. The molecule has 2 fully saturated rings. The van der Waals surface area contributed by atoms with Gasteiger partial charge in [0.25, 0.3) is 0 Å². The topological polar surface area (TPSA) is 26.7 Å². The molecule has 3 nitrogen and oxygen atoms in total. The van der Waals surface area contributed by atoms with E-state index in [1.807, 2.05) is 6.08 Å². The van der Waals surface area contributed by atoms with Gasteiger partial charge in [0.2, 0.25) is 0 Å². The lowest BCUT2D eigenvalue weighted by molar-refractivity contribution is -0.0554. The summed E-state index contributed by atoms with van der Waals surface area (Å²) in [7, 11) is 0. The van der Waals surface area contributed by atoms with Crippen LogP contribution >= 0.6 is 0 Å². The normalized spacial score (nSPS) is 31.2. The van der Waals surface area contributed by atoms with E-state index in [4.69, 9.17) is 0 Å². The first-order valence-electron chi connectivity index (χ1n) is 8.54. The van der Waals surface area contributed by atoms with Gasteiger partial charge in [-0.05, 0) is 31.4 Å². The largest absolute Gasteiger partial charge is 0.388 e. The number of hydrogen-bond acceptors (Lipinski definition) is 3. The van der Waals surface area contributed by atoms with Gasteiger partial charge in [-0.1, -0.05) is 31.2 Å². The minimum absolute atomic E-state index is 0.159. The van der Waals surface area contributed by atoms with Gasteiger partial charge in [-0.3, -0.25) is 4.90 Å². The summed E-state index contributed by atoms with van der Waals surface area (Å²) in [6.45, 7) is 10.1. The maximum atomic E-state index is 11.1. The highest BCUT2D eigenvalue weighted by molar-refractivity contribution is 5.46. The third-order valence-corrected chi connectivity index (χ3v) is 5.65. The van der Waals surface area contributed by atoms with Gasteiger partial charge in [-0.2, -0.15) is 0 Å². The second-order valence-corrected chi connectivity index (χ2v) is 6.78. The highest BCUT2D eigenvalue weighted by Crippen LogP contribution is 2.40. The maximum Gasteiger partial charge on any atom is 0.0861 e. The molecule has 1 aliphatic heterocycles. The predicted octanol–water partition coefficient (Wildman–Crippen LogP) is 2.91. The van der Waals surface area contributed by atoms with E-state index >= 15 is 0 Å². The molecule has 1 aromatic carbocycles. The first-order valence-corrected chi connectivity index (χ1v) is 8.54. The number of hydrogen-bond donors (Lipinski definition) is 1. The zero-order valence-electron chi connectivity index (χ0n) is 13.6. The highest BCUT2D eigenvalue weighted by atomic mass is 16.3. The Bertz CT molecular complexity index is 495. The Hall–Kier alpha value is -1.32. The molecule has 0 bridgehead atoms. The van der Waals surface area contributed by atoms with Gasteiger partial charge in [-0.15, -0.1) is 6.58 Å². The fourth-order valence-corrected chi connectivity index (χ4v) is 4.16. The van der Waals surface area contributed by atoms with Crippen LogP contribution in [0.25, 0.3) is 0 Å². The van der Waals surface area contributed by atoms with E-state index in [2.05, 4.69) is 53.6 Å². The van der Waals surface area contributed by atoms with Crippen LogP contribution in [0.5, 0.6) is 0 Å². The standard InChI is InChI=1S/C19H28N2O/c1-3-16(2)19(22)11-7-10-18(19)21-14-12-20(13-15-21)17-8-5-4-6-9-17/h3-6,8-9,16,18,22H,1,7,10-15H2,2H3/t16-,18-,19-/m0/s1. The summed E-state index contributed by atoms with van der Waals surface area (Å²) in [6.07, 6.45) is 5.06. The number of rotatable bonds is 4. The fraction of sp³-hybridized carbons (Fsp3) is 0.579. The van der Waals surface area contributed by atoms with E-state index in [-0.39, 0.29) is 5.92 Å². The van der Waals surface area contributed by atoms with Crippen LogP contribution in [0.4, 0.5) is 5.69 Å². The minimum atomic E-state index is -0.587. The summed E-state index contributed by atoms with van der Waals surface area (Å²) in [5, 5.41) is 11.1. The lowest BCUT2D eigenvalue weighted by Crippen LogP contribution is -2.58. The van der Waals surface area contributed by atoms with Crippen molar-refractivity contribution in [2.24, 2.45) is 5.92 Å². The molecule has 1 heterocycles. The number of benzene rings is 1. The predicted molar refractivity (Wildman–Crippen MR) is 92.2 cm³/mol. The van der Waals surface area contributed by atoms with E-state index in [0.29, 0.717) is 6.04 Å². The van der Waals surface area contributed by atoms with Gasteiger partial charge in [0.1, 0.15) is 0 Å². The van der Waals surface area contributed by atoms with E-state index < -0.39 is 5.60 Å². The summed E-state index contributed by atoms with van der Waals surface area (Å²) < 4.78 is 0. The Labute approximate surface area is 134 Å². The molecule has 0 aromatic heterocycles. The average molecular weight is 300 g/mol. The maximum absolute atomic E-state index is 11.1. The zero-order valence-corrected chi connectivity index (χ0v) is 13.6. The molecule has 3 atom stereocenters. The van der Waals surface area contributed by atoms with Gasteiger partial charge in [0.15, 0.2) is 0 Å². The number of anilines is 1. The van der Waals surface area contributed by atoms with Gasteiger partial charge in [0, 0.05) is 43.8 Å². The van der Waals surface area contributed by atoms with Gasteiger partial charge in [0.05, 0.1) is 5.60 Å². The number of nitrogens with zero attached hydrogens (tertiary/aromatic N) is 2. The van der Waals surface area contributed by atoms with Crippen LogP contribution < -0.4 is 4.90 Å². The van der Waals surface area contributed by atoms with Crippen molar-refractivity contribution in [1.82, 2.24) is 4.90 Å². The summed E-state index contributed by atoms with van der Waals surface area (Å²) in [4.78, 5) is 4.95. The summed E-state index contributed by atoms with van der Waals surface area (Å²) in [5.41, 5.74) is 0.722. The number of piperazine rings is 1. The Kier molecular flexibility index (Phi) is 4.55. The van der Waals surface area contributed by atoms with Crippen molar-refractivity contribution in [3.63, 3.8) is 0 Å². The molecule has 2 aliphatic rings. The first-order chi connectivity index (χ1) is 10.6. The third kappa shape index (κ3) is 2.80. The van der Waals surface area contributed by atoms with Crippen molar-refractivity contribution in [3.8, 4) is 0 Å². The van der Waals surface area contributed by atoms with Gasteiger partial charge >= 0.3 is 0 Å². The van der Waals surface area contributed by atoms with Crippen molar-refractivity contribution in [1.29, 1.82) is 0 Å². The molecule has 0 unspecified atom stereocenters. The zero-order chi connectivity index (χ0) is 15.6. The Morgan fingerprint density at radius 3 is 2.55 bits per heavy atom.